The van der Waals surface area contributed by atoms with Crippen molar-refractivity contribution in [2.75, 3.05) is 20.3 Å². The normalized spacial score (nSPS) is 10.7. The lowest BCUT2D eigenvalue weighted by Crippen LogP contribution is -2.26. The molecule has 0 fully saturated rings. The number of hydrogen-bond acceptors (Lipinski definition) is 5. The van der Waals surface area contributed by atoms with Gasteiger partial charge in [-0.3, -0.25) is 4.79 Å². The van der Waals surface area contributed by atoms with Gasteiger partial charge in [0.05, 0.1) is 12.3 Å². The molecular formula is C21H22N2O3S. The number of carbonyl (C=O) groups is 1. The van der Waals surface area contributed by atoms with Crippen molar-refractivity contribution in [3.05, 3.63) is 71.6 Å². The summed E-state index contributed by atoms with van der Waals surface area (Å²) in [6.07, 6.45) is 0. The summed E-state index contributed by atoms with van der Waals surface area (Å²) >= 11 is 1.73. The van der Waals surface area contributed by atoms with Crippen LogP contribution >= 0.6 is 11.8 Å². The number of methoxy groups -OCH3 is 1. The van der Waals surface area contributed by atoms with E-state index in [1.54, 1.807) is 31.0 Å². The van der Waals surface area contributed by atoms with Gasteiger partial charge in [0, 0.05) is 35.4 Å². The molecule has 0 atom stereocenters. The van der Waals surface area contributed by atoms with Crippen molar-refractivity contribution in [1.29, 1.82) is 0 Å². The maximum Gasteiger partial charge on any atom is 0.251 e. The maximum atomic E-state index is 12.0. The lowest BCUT2D eigenvalue weighted by molar-refractivity contribution is 0.0937. The van der Waals surface area contributed by atoms with Gasteiger partial charge < -0.3 is 14.5 Å². The van der Waals surface area contributed by atoms with E-state index in [1.807, 2.05) is 37.3 Å². The smallest absolute Gasteiger partial charge is 0.251 e. The third-order valence-electron chi connectivity index (χ3n) is 4.00. The topological polar surface area (TPSA) is 64.4 Å². The number of aromatic nitrogens is 1. The van der Waals surface area contributed by atoms with Crippen LogP contribution in [0.4, 0.5) is 0 Å². The molecule has 0 aliphatic heterocycles. The summed E-state index contributed by atoms with van der Waals surface area (Å²) in [5.41, 5.74) is 2.38. The van der Waals surface area contributed by atoms with E-state index in [0.717, 1.165) is 22.8 Å². The van der Waals surface area contributed by atoms with Crippen molar-refractivity contribution in [2.24, 2.45) is 0 Å². The number of aryl methyl sites for hydroxylation is 1. The zero-order valence-electron chi connectivity index (χ0n) is 15.4. The van der Waals surface area contributed by atoms with Crippen LogP contribution in [0.15, 0.2) is 63.9 Å². The molecule has 1 aromatic heterocycles. The minimum absolute atomic E-state index is 0.123. The summed E-state index contributed by atoms with van der Waals surface area (Å²) in [6.45, 7) is 2.90. The molecule has 1 heterocycles. The summed E-state index contributed by atoms with van der Waals surface area (Å²) in [7, 11) is 1.60. The van der Waals surface area contributed by atoms with Crippen molar-refractivity contribution in [2.45, 2.75) is 17.6 Å². The fourth-order valence-corrected chi connectivity index (χ4v) is 3.41. The Bertz CT molecular complexity index is 876. The predicted octanol–water partition coefficient (Wildman–Crippen LogP) is 4.32. The number of amides is 1. The molecular weight excluding hydrogens is 360 g/mol. The second-order valence-electron chi connectivity index (χ2n) is 5.95. The molecule has 6 heteroatoms. The molecule has 27 heavy (non-hydrogen) atoms. The predicted molar refractivity (Wildman–Crippen MR) is 107 cm³/mol. The molecule has 0 saturated heterocycles. The number of ether oxygens (including phenoxy) is 1. The van der Waals surface area contributed by atoms with Gasteiger partial charge in [-0.05, 0) is 43.3 Å². The summed E-state index contributed by atoms with van der Waals surface area (Å²) in [5.74, 6) is 2.01. The van der Waals surface area contributed by atoms with Crippen molar-refractivity contribution >= 4 is 17.7 Å². The molecule has 0 unspecified atom stereocenters. The molecule has 3 aromatic rings. The third-order valence-corrected chi connectivity index (χ3v) is 5.02. The first-order chi connectivity index (χ1) is 13.2. The Hall–Kier alpha value is -2.57. The van der Waals surface area contributed by atoms with Crippen LogP contribution in [0, 0.1) is 6.92 Å². The Morgan fingerprint density at radius 3 is 2.59 bits per heavy atom. The van der Waals surface area contributed by atoms with Gasteiger partial charge in [0.15, 0.2) is 0 Å². The number of oxazole rings is 1. The Labute approximate surface area is 163 Å². The third kappa shape index (κ3) is 5.21. The number of rotatable bonds is 8. The van der Waals surface area contributed by atoms with E-state index < -0.39 is 0 Å². The molecule has 5 nitrogen and oxygen atoms in total. The molecule has 1 N–H and O–H groups in total. The Kier molecular flexibility index (Phi) is 6.68. The number of carbonyl (C=O) groups excluding carboxylic acids is 1. The Morgan fingerprint density at radius 1 is 1.15 bits per heavy atom. The molecule has 0 aliphatic rings. The first-order valence-electron chi connectivity index (χ1n) is 8.69. The van der Waals surface area contributed by atoms with Crippen LogP contribution in [0.3, 0.4) is 0 Å². The summed E-state index contributed by atoms with van der Waals surface area (Å²) in [6, 6.07) is 17.5. The van der Waals surface area contributed by atoms with Crippen LogP contribution in [0.1, 0.15) is 21.8 Å². The molecule has 0 aliphatic carbocycles. The molecule has 0 radical (unpaired) electrons. The molecule has 0 saturated carbocycles. The Morgan fingerprint density at radius 2 is 1.89 bits per heavy atom. The molecule has 0 bridgehead atoms. The molecule has 2 aromatic carbocycles. The summed E-state index contributed by atoms with van der Waals surface area (Å²) in [4.78, 5) is 17.9. The fourth-order valence-electron chi connectivity index (χ4n) is 2.49. The fraction of sp³-hybridized carbons (Fsp3) is 0.238. The van der Waals surface area contributed by atoms with E-state index in [-0.39, 0.29) is 5.91 Å². The molecule has 140 valence electrons. The van der Waals surface area contributed by atoms with Gasteiger partial charge in [0.2, 0.25) is 5.89 Å². The second kappa shape index (κ2) is 9.39. The van der Waals surface area contributed by atoms with Crippen LogP contribution in [-0.4, -0.2) is 31.2 Å². The van der Waals surface area contributed by atoms with Gasteiger partial charge in [-0.25, -0.2) is 4.98 Å². The average Bonchev–Trinajstić information content (AvgIpc) is 3.08. The molecule has 0 spiro atoms. The van der Waals surface area contributed by atoms with Gasteiger partial charge in [-0.15, -0.1) is 11.8 Å². The minimum atomic E-state index is -0.123. The van der Waals surface area contributed by atoms with Crippen molar-refractivity contribution in [3.63, 3.8) is 0 Å². The number of thioether (sulfide) groups is 1. The highest BCUT2D eigenvalue weighted by Crippen LogP contribution is 2.27. The molecule has 1 amide bonds. The van der Waals surface area contributed by atoms with Crippen LogP contribution in [0.25, 0.3) is 11.5 Å². The zero-order valence-corrected chi connectivity index (χ0v) is 16.2. The van der Waals surface area contributed by atoms with Gasteiger partial charge in [0.25, 0.3) is 5.91 Å². The van der Waals surface area contributed by atoms with Gasteiger partial charge in [-0.2, -0.15) is 0 Å². The van der Waals surface area contributed by atoms with Gasteiger partial charge >= 0.3 is 0 Å². The van der Waals surface area contributed by atoms with Gasteiger partial charge in [-0.1, -0.05) is 18.2 Å². The summed E-state index contributed by atoms with van der Waals surface area (Å²) in [5, 5.41) is 2.80. The lowest BCUT2D eigenvalue weighted by atomic mass is 10.1. The van der Waals surface area contributed by atoms with E-state index in [1.165, 1.54) is 4.90 Å². The standard InChI is InChI=1S/C21H22N2O3S/c1-15-19(14-27-18-6-4-3-5-7-18)23-21(26-15)17-10-8-16(9-11-17)20(24)22-12-13-25-2/h3-11H,12-14H2,1-2H3,(H,22,24). The largest absolute Gasteiger partial charge is 0.441 e. The van der Waals surface area contributed by atoms with E-state index >= 15 is 0 Å². The Balaban J connectivity index is 1.65. The SMILES string of the molecule is COCCNC(=O)c1ccc(-c2nc(CSc3ccccc3)c(C)o2)cc1. The average molecular weight is 382 g/mol. The van der Waals surface area contributed by atoms with Crippen LogP contribution in [0.5, 0.6) is 0 Å². The highest BCUT2D eigenvalue weighted by atomic mass is 32.2. The van der Waals surface area contributed by atoms with Crippen LogP contribution in [0.2, 0.25) is 0 Å². The summed E-state index contributed by atoms with van der Waals surface area (Å²) < 4.78 is 10.8. The van der Waals surface area contributed by atoms with Crippen molar-refractivity contribution < 1.29 is 13.9 Å². The van der Waals surface area contributed by atoms with Crippen LogP contribution in [-0.2, 0) is 10.5 Å². The van der Waals surface area contributed by atoms with E-state index in [0.29, 0.717) is 24.6 Å². The number of nitrogens with one attached hydrogen (secondary N) is 1. The first-order valence-corrected chi connectivity index (χ1v) is 9.67. The number of hydrogen-bond donors (Lipinski definition) is 1. The lowest BCUT2D eigenvalue weighted by Gasteiger charge is -2.04. The van der Waals surface area contributed by atoms with E-state index in [4.69, 9.17) is 9.15 Å². The van der Waals surface area contributed by atoms with Crippen molar-refractivity contribution in [1.82, 2.24) is 10.3 Å². The highest BCUT2D eigenvalue weighted by Gasteiger charge is 2.13. The van der Waals surface area contributed by atoms with Gasteiger partial charge in [0.1, 0.15) is 5.76 Å². The molecule has 3 rings (SSSR count). The number of benzene rings is 2. The number of nitrogens with zero attached hydrogens (tertiary/aromatic N) is 1. The van der Waals surface area contributed by atoms with E-state index in [9.17, 15) is 4.79 Å². The zero-order chi connectivity index (χ0) is 19.1. The van der Waals surface area contributed by atoms with E-state index in [2.05, 4.69) is 22.4 Å². The quantitative estimate of drug-likeness (QED) is 0.464. The monoisotopic (exact) mass is 382 g/mol. The minimum Gasteiger partial charge on any atom is -0.441 e. The first kappa shape index (κ1) is 19.2. The highest BCUT2D eigenvalue weighted by molar-refractivity contribution is 7.98. The maximum absolute atomic E-state index is 12.0. The second-order valence-corrected chi connectivity index (χ2v) is 7.00. The van der Waals surface area contributed by atoms with Crippen LogP contribution < -0.4 is 5.32 Å². The van der Waals surface area contributed by atoms with Crippen molar-refractivity contribution in [3.8, 4) is 11.5 Å².